The summed E-state index contributed by atoms with van der Waals surface area (Å²) in [6, 6.07) is 34.0. The molecule has 0 saturated carbocycles. The monoisotopic (exact) mass is 644 g/mol. The Morgan fingerprint density at radius 1 is 0.449 bits per heavy atom. The van der Waals surface area contributed by atoms with E-state index in [-0.39, 0.29) is 0 Å². The maximum absolute atomic E-state index is 6.32. The molecular formula is C41H32N4O4. The first-order valence-corrected chi connectivity index (χ1v) is 16.7. The molecule has 240 valence electrons. The highest BCUT2D eigenvalue weighted by molar-refractivity contribution is 6.10. The molecule has 4 aromatic carbocycles. The molecule has 0 N–H and O–H groups in total. The largest absolute Gasteiger partial charge is 0.493 e. The van der Waals surface area contributed by atoms with Gasteiger partial charge in [-0.3, -0.25) is 9.97 Å². The first-order chi connectivity index (χ1) is 24.2. The van der Waals surface area contributed by atoms with Gasteiger partial charge in [0, 0.05) is 39.3 Å². The van der Waals surface area contributed by atoms with Crippen molar-refractivity contribution in [2.45, 2.75) is 32.8 Å². The van der Waals surface area contributed by atoms with Crippen LogP contribution in [0.25, 0.3) is 55.0 Å². The molecule has 18 heterocycles. The Hall–Kier alpha value is -5.70. The number of pyridine rings is 2. The van der Waals surface area contributed by atoms with E-state index in [1.165, 1.54) is 10.8 Å². The van der Waals surface area contributed by atoms with Crippen LogP contribution in [0.3, 0.4) is 0 Å². The Morgan fingerprint density at radius 3 is 1.39 bits per heavy atom. The zero-order valence-electron chi connectivity index (χ0n) is 26.8. The summed E-state index contributed by atoms with van der Waals surface area (Å²) in [4.78, 5) is 9.71. The number of benzene rings is 4. The molecule has 0 radical (unpaired) electrons. The van der Waals surface area contributed by atoms with Crippen LogP contribution in [0.4, 0.5) is 0 Å². The summed E-state index contributed by atoms with van der Waals surface area (Å²) >= 11 is 0. The van der Waals surface area contributed by atoms with Crippen molar-refractivity contribution in [2.24, 2.45) is 0 Å². The standard InChI is InChI=1S/C41H32N4O4/c1-14-48-32-8-4-30(5-9-32)44-38-12-2-26-16-34(38)35-17-27(3-13-39(35)44)23-47-25-29-19-37-36-18-28(24-46-22-26)42-20-40(36)45(41(37)21-43-29)31-6-10-33(11-7-31)49-15-1/h2-13,16-21H,1,14-15,22-25H2. The summed E-state index contributed by atoms with van der Waals surface area (Å²) in [6.07, 6.45) is 4.66. The van der Waals surface area contributed by atoms with Crippen molar-refractivity contribution in [2.75, 3.05) is 13.2 Å². The minimum Gasteiger partial charge on any atom is -0.493 e. The van der Waals surface area contributed by atoms with E-state index in [4.69, 9.17) is 28.9 Å². The lowest BCUT2D eigenvalue weighted by Crippen LogP contribution is -2.05. The highest BCUT2D eigenvalue weighted by atomic mass is 16.5. The number of ether oxygens (including phenoxy) is 4. The smallest absolute Gasteiger partial charge is 0.119 e. The first-order valence-electron chi connectivity index (χ1n) is 16.7. The fourth-order valence-corrected chi connectivity index (χ4v) is 7.28. The van der Waals surface area contributed by atoms with Crippen molar-refractivity contribution >= 4 is 43.6 Å². The fraction of sp³-hybridized carbons (Fsp3) is 0.171. The molecular weight excluding hydrogens is 612 g/mol. The van der Waals surface area contributed by atoms with Gasteiger partial charge in [0.25, 0.3) is 0 Å². The fourth-order valence-electron chi connectivity index (χ4n) is 7.28. The van der Waals surface area contributed by atoms with Crippen LogP contribution in [0.2, 0.25) is 0 Å². The number of rotatable bonds is 0. The lowest BCUT2D eigenvalue weighted by Gasteiger charge is -2.12. The lowest BCUT2D eigenvalue weighted by molar-refractivity contribution is 0.104. The SMILES string of the molecule is c1cc2c3cc1COCc1cc4c5cc6ncc5n(c4cn1)-c1ccc(cc1)OCCCOc1ccc(cc1)-n2c1ccc(cc31)COC6. The van der Waals surface area contributed by atoms with Gasteiger partial charge in [-0.15, -0.1) is 0 Å². The summed E-state index contributed by atoms with van der Waals surface area (Å²) < 4.78 is 29.4. The molecule has 22 rings (SSSR count). The van der Waals surface area contributed by atoms with Crippen molar-refractivity contribution in [3.63, 3.8) is 0 Å². The predicted octanol–water partition coefficient (Wildman–Crippen LogP) is 8.58. The Bertz CT molecular complexity index is 2230. The minimum atomic E-state index is 0.397. The molecule has 0 amide bonds. The highest BCUT2D eigenvalue weighted by Crippen LogP contribution is 2.36. The van der Waals surface area contributed by atoms with Crippen LogP contribution >= 0.6 is 0 Å². The first kappa shape index (κ1) is 28.3. The number of hydrogen-bond donors (Lipinski definition) is 0. The van der Waals surface area contributed by atoms with E-state index in [2.05, 4.69) is 81.9 Å². The summed E-state index contributed by atoms with van der Waals surface area (Å²) in [7, 11) is 0. The molecule has 8 heteroatoms. The van der Waals surface area contributed by atoms with Crippen molar-refractivity contribution < 1.29 is 18.9 Å². The van der Waals surface area contributed by atoms with Gasteiger partial charge in [-0.25, -0.2) is 0 Å². The van der Waals surface area contributed by atoms with Crippen LogP contribution < -0.4 is 9.47 Å². The van der Waals surface area contributed by atoms with Gasteiger partial charge in [0.15, 0.2) is 0 Å². The topological polar surface area (TPSA) is 72.6 Å². The molecule has 8 aromatic rings. The summed E-state index contributed by atoms with van der Waals surface area (Å²) in [5.74, 6) is 1.65. The molecule has 8 nitrogen and oxygen atoms in total. The van der Waals surface area contributed by atoms with Crippen molar-refractivity contribution in [3.05, 3.63) is 132 Å². The van der Waals surface area contributed by atoms with Gasteiger partial charge >= 0.3 is 0 Å². The Labute approximate surface area is 282 Å². The second-order valence-corrected chi connectivity index (χ2v) is 12.8. The van der Waals surface area contributed by atoms with Crippen LogP contribution in [-0.4, -0.2) is 32.3 Å². The van der Waals surface area contributed by atoms with Crippen LogP contribution in [-0.2, 0) is 35.9 Å². The second-order valence-electron chi connectivity index (χ2n) is 12.8. The summed E-state index contributed by atoms with van der Waals surface area (Å²) in [5, 5.41) is 4.54. The predicted molar refractivity (Wildman–Crippen MR) is 190 cm³/mol. The molecule has 0 fully saturated rings. The van der Waals surface area contributed by atoms with Gasteiger partial charge < -0.3 is 28.1 Å². The third kappa shape index (κ3) is 4.91. The highest BCUT2D eigenvalue weighted by Gasteiger charge is 2.18. The van der Waals surface area contributed by atoms with Gasteiger partial charge in [0.1, 0.15) is 11.5 Å². The molecule has 0 saturated heterocycles. The molecule has 0 spiro atoms. The molecule has 18 bridgehead atoms. The van der Waals surface area contributed by atoms with Crippen molar-refractivity contribution in [1.29, 1.82) is 0 Å². The van der Waals surface area contributed by atoms with Crippen LogP contribution in [0.15, 0.2) is 109 Å². The molecule has 0 atom stereocenters. The average molecular weight is 645 g/mol. The minimum absolute atomic E-state index is 0.397. The Morgan fingerprint density at radius 2 is 0.898 bits per heavy atom. The van der Waals surface area contributed by atoms with E-state index in [9.17, 15) is 0 Å². The van der Waals surface area contributed by atoms with E-state index >= 15 is 0 Å². The zero-order chi connectivity index (χ0) is 32.3. The van der Waals surface area contributed by atoms with E-state index in [0.717, 1.165) is 84.6 Å². The summed E-state index contributed by atoms with van der Waals surface area (Å²) in [6.45, 7) is 2.86. The van der Waals surface area contributed by atoms with E-state index in [0.29, 0.717) is 39.6 Å². The second kappa shape index (κ2) is 11.5. The molecule has 49 heavy (non-hydrogen) atoms. The molecule has 0 unspecified atom stereocenters. The van der Waals surface area contributed by atoms with E-state index < -0.39 is 0 Å². The number of aromatic nitrogens is 4. The van der Waals surface area contributed by atoms with Gasteiger partial charge in [0.2, 0.25) is 0 Å². The molecule has 4 aromatic heterocycles. The number of hydrogen-bond acceptors (Lipinski definition) is 6. The molecule has 14 aliphatic rings. The van der Waals surface area contributed by atoms with Crippen LogP contribution in [0, 0.1) is 0 Å². The molecule has 14 aliphatic heterocycles. The van der Waals surface area contributed by atoms with Crippen molar-refractivity contribution in [1.82, 2.24) is 19.1 Å². The Kier molecular flexibility index (Phi) is 6.63. The normalized spacial score (nSPS) is 14.9. The van der Waals surface area contributed by atoms with Gasteiger partial charge in [0.05, 0.1) is 85.5 Å². The third-order valence-corrected chi connectivity index (χ3v) is 9.60. The van der Waals surface area contributed by atoms with Gasteiger partial charge in [-0.1, -0.05) is 12.1 Å². The quantitative estimate of drug-likeness (QED) is 0.165. The van der Waals surface area contributed by atoms with E-state index in [1.54, 1.807) is 0 Å². The van der Waals surface area contributed by atoms with Crippen LogP contribution in [0.5, 0.6) is 11.5 Å². The summed E-state index contributed by atoms with van der Waals surface area (Å²) in [5.41, 5.74) is 10.3. The average Bonchev–Trinajstić information content (AvgIpc) is 3.63. The van der Waals surface area contributed by atoms with E-state index in [1.807, 2.05) is 36.7 Å². The van der Waals surface area contributed by atoms with Crippen LogP contribution in [0.1, 0.15) is 28.9 Å². The van der Waals surface area contributed by atoms with Gasteiger partial charge in [-0.2, -0.15) is 0 Å². The van der Waals surface area contributed by atoms with Crippen molar-refractivity contribution in [3.8, 4) is 22.9 Å². The maximum Gasteiger partial charge on any atom is 0.119 e. The van der Waals surface area contributed by atoms with Gasteiger partial charge in [-0.05, 0) is 96.1 Å². The number of nitrogens with zero attached hydrogens (tertiary/aromatic N) is 4. The molecule has 0 aliphatic carbocycles. The third-order valence-electron chi connectivity index (χ3n) is 9.60. The Balaban J connectivity index is 1.16. The zero-order valence-corrected chi connectivity index (χ0v) is 26.8. The lowest BCUT2D eigenvalue weighted by atomic mass is 10.1. The maximum atomic E-state index is 6.32.